The van der Waals surface area contributed by atoms with Crippen molar-refractivity contribution in [3.05, 3.63) is 71.7 Å². The second-order valence-corrected chi connectivity index (χ2v) is 11.1. The van der Waals surface area contributed by atoms with Crippen LogP contribution in [0, 0.1) is 12.8 Å². The largest absolute Gasteiger partial charge is 0.461 e. The van der Waals surface area contributed by atoms with Gasteiger partial charge in [0.25, 0.3) is 0 Å². The number of hydrogen-bond acceptors (Lipinski definition) is 4. The predicted molar refractivity (Wildman–Crippen MR) is 144 cm³/mol. The molecular weight excluding hydrogens is 432 g/mol. The van der Waals surface area contributed by atoms with Crippen LogP contribution >= 0.6 is 0 Å². The fraction of sp³-hybridized carbons (Fsp3) is 0.290. The molecule has 3 aromatic heterocycles. The van der Waals surface area contributed by atoms with Gasteiger partial charge in [-0.25, -0.2) is 9.97 Å². The maximum atomic E-state index is 6.28. The van der Waals surface area contributed by atoms with E-state index < -0.39 is 0 Å². The first-order chi connectivity index (χ1) is 16.7. The molecule has 0 saturated carbocycles. The molecule has 0 aliphatic heterocycles. The minimum Gasteiger partial charge on any atom is -0.461 e. The topological polar surface area (TPSA) is 52.1 Å². The van der Waals surface area contributed by atoms with Gasteiger partial charge in [0.1, 0.15) is 23.3 Å². The van der Waals surface area contributed by atoms with Crippen molar-refractivity contribution in [2.45, 2.75) is 53.4 Å². The second-order valence-electron chi connectivity index (χ2n) is 11.1. The highest BCUT2D eigenvalue weighted by atomic mass is 16.3. The lowest BCUT2D eigenvalue weighted by molar-refractivity contribution is 0.560. The molecule has 0 unspecified atom stereocenters. The number of hydrogen-bond donors (Lipinski definition) is 0. The number of benzene rings is 3. The number of aryl methyl sites for hydroxylation is 1. The number of furan rings is 2. The Labute approximate surface area is 205 Å². The molecule has 0 spiro atoms. The van der Waals surface area contributed by atoms with E-state index in [-0.39, 0.29) is 5.41 Å². The van der Waals surface area contributed by atoms with Crippen molar-refractivity contribution in [2.24, 2.45) is 5.92 Å². The Morgan fingerprint density at radius 1 is 0.857 bits per heavy atom. The molecule has 4 nitrogen and oxygen atoms in total. The van der Waals surface area contributed by atoms with Crippen LogP contribution in [0.3, 0.4) is 0 Å². The number of fused-ring (bicyclic) bond motifs is 5. The van der Waals surface area contributed by atoms with Gasteiger partial charge in [-0.1, -0.05) is 58.9 Å². The molecule has 0 radical (unpaired) electrons. The minimum atomic E-state index is -0.00903. The highest BCUT2D eigenvalue weighted by Crippen LogP contribution is 2.41. The first kappa shape index (κ1) is 21.8. The Morgan fingerprint density at radius 3 is 2.37 bits per heavy atom. The van der Waals surface area contributed by atoms with Crippen molar-refractivity contribution in [1.82, 2.24) is 9.97 Å². The van der Waals surface area contributed by atoms with E-state index in [9.17, 15) is 0 Å². The summed E-state index contributed by atoms with van der Waals surface area (Å²) in [6, 6.07) is 17.3. The summed E-state index contributed by atoms with van der Waals surface area (Å²) in [6.07, 6.45) is 2.58. The van der Waals surface area contributed by atoms with E-state index in [1.165, 1.54) is 21.9 Å². The van der Waals surface area contributed by atoms with Crippen LogP contribution in [-0.4, -0.2) is 9.97 Å². The first-order valence-electron chi connectivity index (χ1n) is 12.3. The SMILES string of the molecule is Cc1oc2cc3c(cc2c1CC(C)C)oc1ncnc(-c2cc(C(C)(C)C)c4ccccc4c2)c13. The monoisotopic (exact) mass is 462 g/mol. The summed E-state index contributed by atoms with van der Waals surface area (Å²) in [5.41, 5.74) is 6.81. The van der Waals surface area contributed by atoms with Crippen molar-refractivity contribution in [2.75, 3.05) is 0 Å². The summed E-state index contributed by atoms with van der Waals surface area (Å²) in [7, 11) is 0. The average molecular weight is 463 g/mol. The van der Waals surface area contributed by atoms with Crippen LogP contribution in [0.1, 0.15) is 51.5 Å². The van der Waals surface area contributed by atoms with E-state index in [4.69, 9.17) is 13.8 Å². The zero-order valence-electron chi connectivity index (χ0n) is 21.2. The lowest BCUT2D eigenvalue weighted by Crippen LogP contribution is -2.12. The van der Waals surface area contributed by atoms with Gasteiger partial charge in [-0.05, 0) is 65.3 Å². The van der Waals surface area contributed by atoms with E-state index in [1.54, 1.807) is 6.33 Å². The van der Waals surface area contributed by atoms with Gasteiger partial charge < -0.3 is 8.83 Å². The Kier molecular flexibility index (Phi) is 4.79. The van der Waals surface area contributed by atoms with Gasteiger partial charge >= 0.3 is 0 Å². The van der Waals surface area contributed by atoms with Crippen LogP contribution in [0.4, 0.5) is 0 Å². The van der Waals surface area contributed by atoms with E-state index >= 15 is 0 Å². The third kappa shape index (κ3) is 3.51. The number of aromatic nitrogens is 2. The molecular formula is C31H30N2O2. The molecule has 0 bridgehead atoms. The minimum absolute atomic E-state index is 0.00903. The molecule has 3 heterocycles. The van der Waals surface area contributed by atoms with Crippen LogP contribution in [0.2, 0.25) is 0 Å². The first-order valence-corrected chi connectivity index (χ1v) is 12.3. The van der Waals surface area contributed by atoms with Gasteiger partial charge in [-0.15, -0.1) is 0 Å². The van der Waals surface area contributed by atoms with Gasteiger partial charge in [0.2, 0.25) is 5.71 Å². The zero-order valence-corrected chi connectivity index (χ0v) is 21.2. The fourth-order valence-corrected chi connectivity index (χ4v) is 5.32. The molecule has 4 heteroatoms. The highest BCUT2D eigenvalue weighted by Gasteiger charge is 2.22. The molecule has 35 heavy (non-hydrogen) atoms. The summed E-state index contributed by atoms with van der Waals surface area (Å²) in [5.74, 6) is 1.52. The quantitative estimate of drug-likeness (QED) is 0.264. The third-order valence-corrected chi connectivity index (χ3v) is 6.94. The third-order valence-electron chi connectivity index (χ3n) is 6.94. The predicted octanol–water partition coefficient (Wildman–Crippen LogP) is 8.75. The maximum absolute atomic E-state index is 6.28. The molecule has 0 N–H and O–H groups in total. The van der Waals surface area contributed by atoms with Crippen LogP contribution in [0.15, 0.2) is 63.7 Å². The Hall–Kier alpha value is -3.66. The molecule has 0 aliphatic rings. The molecule has 0 saturated heterocycles. The van der Waals surface area contributed by atoms with E-state index in [1.807, 2.05) is 0 Å². The summed E-state index contributed by atoms with van der Waals surface area (Å²) >= 11 is 0. The average Bonchev–Trinajstić information content (AvgIpc) is 3.32. The van der Waals surface area contributed by atoms with Gasteiger partial charge in [0.05, 0.1) is 11.1 Å². The van der Waals surface area contributed by atoms with Crippen molar-refractivity contribution in [3.63, 3.8) is 0 Å². The lowest BCUT2D eigenvalue weighted by atomic mass is 9.82. The summed E-state index contributed by atoms with van der Waals surface area (Å²) in [6.45, 7) is 13.3. The maximum Gasteiger partial charge on any atom is 0.230 e. The van der Waals surface area contributed by atoms with Gasteiger partial charge in [-0.3, -0.25) is 0 Å². The van der Waals surface area contributed by atoms with Crippen molar-refractivity contribution < 1.29 is 8.83 Å². The molecule has 6 rings (SSSR count). The molecule has 0 atom stereocenters. The Balaban J connectivity index is 1.65. The zero-order chi connectivity index (χ0) is 24.5. The fourth-order valence-electron chi connectivity index (χ4n) is 5.32. The van der Waals surface area contributed by atoms with Crippen LogP contribution in [0.5, 0.6) is 0 Å². The molecule has 176 valence electrons. The van der Waals surface area contributed by atoms with Gasteiger partial charge in [0.15, 0.2) is 0 Å². The Morgan fingerprint density at radius 2 is 1.60 bits per heavy atom. The van der Waals surface area contributed by atoms with E-state index in [0.717, 1.165) is 50.8 Å². The standard InChI is InChI=1S/C31H30N2O2/c1-17(2)11-22-18(3)34-26-15-24-27(14-23(22)26)35-30-28(24)29(32-16-33-30)20-12-19-9-7-8-10-21(19)25(13-20)31(4,5)6/h7-10,12-17H,11H2,1-6H3. The molecule has 0 aliphatic carbocycles. The van der Waals surface area contributed by atoms with Crippen molar-refractivity contribution >= 4 is 43.8 Å². The Bertz CT molecular complexity index is 1750. The van der Waals surface area contributed by atoms with Crippen LogP contribution < -0.4 is 0 Å². The smallest absolute Gasteiger partial charge is 0.230 e. The molecule has 0 amide bonds. The van der Waals surface area contributed by atoms with Crippen LogP contribution in [0.25, 0.3) is 55.1 Å². The van der Waals surface area contributed by atoms with E-state index in [0.29, 0.717) is 11.6 Å². The molecule has 6 aromatic rings. The number of nitrogens with zero attached hydrogens (tertiary/aromatic N) is 2. The van der Waals surface area contributed by atoms with Gasteiger partial charge in [0, 0.05) is 21.9 Å². The number of rotatable bonds is 3. The summed E-state index contributed by atoms with van der Waals surface area (Å²) < 4.78 is 12.5. The summed E-state index contributed by atoms with van der Waals surface area (Å²) in [5, 5.41) is 5.52. The van der Waals surface area contributed by atoms with Gasteiger partial charge in [-0.2, -0.15) is 0 Å². The molecule has 0 fully saturated rings. The van der Waals surface area contributed by atoms with E-state index in [2.05, 4.69) is 95.1 Å². The van der Waals surface area contributed by atoms with Crippen molar-refractivity contribution in [3.8, 4) is 11.3 Å². The van der Waals surface area contributed by atoms with Crippen LogP contribution in [-0.2, 0) is 11.8 Å². The highest BCUT2D eigenvalue weighted by molar-refractivity contribution is 6.14. The summed E-state index contributed by atoms with van der Waals surface area (Å²) in [4.78, 5) is 9.26. The lowest BCUT2D eigenvalue weighted by Gasteiger charge is -2.22. The van der Waals surface area contributed by atoms with Crippen molar-refractivity contribution in [1.29, 1.82) is 0 Å². The normalized spacial score (nSPS) is 12.7. The second kappa shape index (κ2) is 7.67. The molecule has 3 aromatic carbocycles.